The average Bonchev–Trinajstić information content (AvgIpc) is 3.20. The Labute approximate surface area is 164 Å². The molecule has 0 bridgehead atoms. The van der Waals surface area contributed by atoms with Crippen LogP contribution in [0, 0.1) is 5.82 Å². The van der Waals surface area contributed by atoms with Crippen molar-refractivity contribution in [1.29, 1.82) is 0 Å². The third kappa shape index (κ3) is 7.56. The van der Waals surface area contributed by atoms with E-state index in [1.165, 1.54) is 12.1 Å². The second-order valence-electron chi connectivity index (χ2n) is 6.42. The Morgan fingerprint density at radius 3 is 2.67 bits per heavy atom. The maximum Gasteiger partial charge on any atom is 0.191 e. The molecular weight excluding hydrogens is 365 g/mol. The van der Waals surface area contributed by atoms with Gasteiger partial charge in [0.25, 0.3) is 0 Å². The van der Waals surface area contributed by atoms with Crippen molar-refractivity contribution in [2.45, 2.75) is 32.3 Å². The van der Waals surface area contributed by atoms with Crippen molar-refractivity contribution in [3.05, 3.63) is 52.5 Å². The average molecular weight is 394 g/mol. The van der Waals surface area contributed by atoms with Crippen LogP contribution in [0.3, 0.4) is 0 Å². The number of halogens is 1. The van der Waals surface area contributed by atoms with Gasteiger partial charge < -0.3 is 20.5 Å². The monoisotopic (exact) mass is 393 g/mol. The van der Waals surface area contributed by atoms with Crippen molar-refractivity contribution < 1.29 is 14.2 Å². The molecule has 1 heterocycles. The second-order valence-corrected chi connectivity index (χ2v) is 7.20. The van der Waals surface area contributed by atoms with Crippen molar-refractivity contribution in [2.24, 2.45) is 4.99 Å². The highest BCUT2D eigenvalue weighted by Crippen LogP contribution is 2.23. The second kappa shape index (κ2) is 10.9. The van der Waals surface area contributed by atoms with E-state index in [1.807, 2.05) is 23.8 Å². The number of ether oxygens (including phenoxy) is 1. The summed E-state index contributed by atoms with van der Waals surface area (Å²) in [6, 6.07) is 7.95. The summed E-state index contributed by atoms with van der Waals surface area (Å²) >= 11 is 1.56. The molecule has 3 N–H and O–H groups in total. The quantitative estimate of drug-likeness (QED) is 0.328. The number of unbranched alkanes of at least 4 members (excludes halogenated alkanes) is 1. The first-order valence-electron chi connectivity index (χ1n) is 9.17. The zero-order valence-corrected chi connectivity index (χ0v) is 16.7. The molecule has 0 aliphatic rings. The summed E-state index contributed by atoms with van der Waals surface area (Å²) in [5.74, 6) is 1.10. The first kappa shape index (κ1) is 21.2. The molecule has 0 aliphatic heterocycles. The Morgan fingerprint density at radius 1 is 1.22 bits per heavy atom. The highest BCUT2D eigenvalue weighted by molar-refractivity contribution is 7.08. The molecule has 0 spiro atoms. The number of nitrogens with zero attached hydrogens (tertiary/aromatic N) is 1. The van der Waals surface area contributed by atoms with E-state index in [9.17, 15) is 9.50 Å². The van der Waals surface area contributed by atoms with Gasteiger partial charge in [-0.1, -0.05) is 0 Å². The molecule has 0 radical (unpaired) electrons. The highest BCUT2D eigenvalue weighted by atomic mass is 32.1. The number of nitrogens with one attached hydrogen (secondary N) is 2. The Balaban J connectivity index is 1.70. The van der Waals surface area contributed by atoms with E-state index in [0.717, 1.165) is 31.5 Å². The molecule has 5 nitrogen and oxygen atoms in total. The number of guanidine groups is 1. The fourth-order valence-corrected chi connectivity index (χ4v) is 3.17. The summed E-state index contributed by atoms with van der Waals surface area (Å²) in [6.07, 6.45) is 1.78. The van der Waals surface area contributed by atoms with Gasteiger partial charge in [0.05, 0.1) is 13.2 Å². The molecule has 7 heteroatoms. The van der Waals surface area contributed by atoms with Crippen molar-refractivity contribution in [3.63, 3.8) is 0 Å². The standard InChI is InChI=1S/C20H28FN3O2S/c1-3-22-19(24-15-20(2,25)16-10-13-27-14-16)23-11-4-5-12-26-18-8-6-17(21)7-9-18/h6-10,13-14,25H,3-5,11-12,15H2,1-2H3,(H2,22,23,24). The first-order valence-corrected chi connectivity index (χ1v) is 10.1. The zero-order valence-electron chi connectivity index (χ0n) is 15.9. The van der Waals surface area contributed by atoms with Crippen LogP contribution in [-0.2, 0) is 5.60 Å². The van der Waals surface area contributed by atoms with E-state index in [2.05, 4.69) is 15.6 Å². The predicted octanol–water partition coefficient (Wildman–Crippen LogP) is 3.51. The summed E-state index contributed by atoms with van der Waals surface area (Å²) in [5, 5.41) is 20.9. The van der Waals surface area contributed by atoms with Crippen LogP contribution in [0.4, 0.5) is 4.39 Å². The van der Waals surface area contributed by atoms with E-state index in [1.54, 1.807) is 30.4 Å². The Kier molecular flexibility index (Phi) is 8.54. The predicted molar refractivity (Wildman–Crippen MR) is 109 cm³/mol. The van der Waals surface area contributed by atoms with E-state index >= 15 is 0 Å². The molecule has 0 saturated carbocycles. The van der Waals surface area contributed by atoms with Gasteiger partial charge in [-0.25, -0.2) is 9.38 Å². The van der Waals surface area contributed by atoms with Gasteiger partial charge in [-0.05, 0) is 73.3 Å². The third-order valence-corrected chi connectivity index (χ3v) is 4.66. The van der Waals surface area contributed by atoms with Gasteiger partial charge >= 0.3 is 0 Å². The molecule has 0 aliphatic carbocycles. The van der Waals surface area contributed by atoms with Crippen molar-refractivity contribution in [1.82, 2.24) is 10.6 Å². The SMILES string of the molecule is CCNC(=NCC(C)(O)c1ccsc1)NCCCCOc1ccc(F)cc1. The lowest BCUT2D eigenvalue weighted by Crippen LogP contribution is -2.39. The third-order valence-electron chi connectivity index (χ3n) is 3.98. The van der Waals surface area contributed by atoms with E-state index < -0.39 is 5.60 Å². The molecular formula is C20H28FN3O2S. The van der Waals surface area contributed by atoms with Gasteiger partial charge in [0.15, 0.2) is 5.96 Å². The van der Waals surface area contributed by atoms with Gasteiger partial charge in [-0.2, -0.15) is 11.3 Å². The molecule has 2 aromatic rings. The maximum absolute atomic E-state index is 12.8. The van der Waals surface area contributed by atoms with Crippen LogP contribution in [0.1, 0.15) is 32.3 Å². The summed E-state index contributed by atoms with van der Waals surface area (Å²) in [6.45, 7) is 6.14. The van der Waals surface area contributed by atoms with Gasteiger partial charge in [-0.15, -0.1) is 0 Å². The molecule has 0 saturated heterocycles. The van der Waals surface area contributed by atoms with Crippen LogP contribution in [0.15, 0.2) is 46.1 Å². The molecule has 2 rings (SSSR count). The minimum Gasteiger partial charge on any atom is -0.494 e. The Morgan fingerprint density at radius 2 is 2.00 bits per heavy atom. The molecule has 1 aromatic heterocycles. The topological polar surface area (TPSA) is 65.9 Å². The number of thiophene rings is 1. The Hall–Kier alpha value is -2.12. The summed E-state index contributed by atoms with van der Waals surface area (Å²) < 4.78 is 18.4. The van der Waals surface area contributed by atoms with Crippen LogP contribution in [0.25, 0.3) is 0 Å². The zero-order chi connectivity index (χ0) is 19.5. The molecule has 0 amide bonds. The number of benzene rings is 1. The normalized spacial score (nSPS) is 13.9. The van der Waals surface area contributed by atoms with Gasteiger partial charge in [-0.3, -0.25) is 0 Å². The first-order chi connectivity index (χ1) is 13.0. The number of aliphatic imine (C=N–C) groups is 1. The molecule has 0 fully saturated rings. The van der Waals surface area contributed by atoms with Crippen molar-refractivity contribution in [2.75, 3.05) is 26.2 Å². The van der Waals surface area contributed by atoms with Crippen molar-refractivity contribution in [3.8, 4) is 5.75 Å². The highest BCUT2D eigenvalue weighted by Gasteiger charge is 2.23. The lowest BCUT2D eigenvalue weighted by molar-refractivity contribution is 0.0677. The van der Waals surface area contributed by atoms with E-state index in [0.29, 0.717) is 18.3 Å². The van der Waals surface area contributed by atoms with Crippen LogP contribution in [0.2, 0.25) is 0 Å². The van der Waals surface area contributed by atoms with Gasteiger partial charge in [0.1, 0.15) is 17.2 Å². The maximum atomic E-state index is 12.8. The fourth-order valence-electron chi connectivity index (χ4n) is 2.39. The summed E-state index contributed by atoms with van der Waals surface area (Å²) in [4.78, 5) is 4.50. The van der Waals surface area contributed by atoms with E-state index in [4.69, 9.17) is 4.74 Å². The smallest absolute Gasteiger partial charge is 0.191 e. The van der Waals surface area contributed by atoms with Crippen LogP contribution < -0.4 is 15.4 Å². The van der Waals surface area contributed by atoms with Crippen LogP contribution >= 0.6 is 11.3 Å². The number of hydrogen-bond donors (Lipinski definition) is 3. The largest absolute Gasteiger partial charge is 0.494 e. The van der Waals surface area contributed by atoms with Crippen LogP contribution in [-0.4, -0.2) is 37.3 Å². The molecule has 27 heavy (non-hydrogen) atoms. The van der Waals surface area contributed by atoms with Gasteiger partial charge in [0.2, 0.25) is 0 Å². The van der Waals surface area contributed by atoms with Crippen LogP contribution in [0.5, 0.6) is 5.75 Å². The number of rotatable bonds is 10. The molecule has 1 aromatic carbocycles. The summed E-state index contributed by atoms with van der Waals surface area (Å²) in [5.41, 5.74) is -0.101. The minimum atomic E-state index is -0.981. The Bertz CT molecular complexity index is 688. The minimum absolute atomic E-state index is 0.264. The lowest BCUT2D eigenvalue weighted by Gasteiger charge is -2.21. The number of aliphatic hydroxyl groups is 1. The van der Waals surface area contributed by atoms with Gasteiger partial charge in [0, 0.05) is 13.1 Å². The molecule has 148 valence electrons. The van der Waals surface area contributed by atoms with E-state index in [-0.39, 0.29) is 12.4 Å². The molecule has 1 unspecified atom stereocenters. The summed E-state index contributed by atoms with van der Waals surface area (Å²) in [7, 11) is 0. The molecule has 1 atom stereocenters. The lowest BCUT2D eigenvalue weighted by atomic mass is 10.00. The number of hydrogen-bond acceptors (Lipinski definition) is 4. The van der Waals surface area contributed by atoms with Crippen molar-refractivity contribution >= 4 is 17.3 Å². The fraction of sp³-hybridized carbons (Fsp3) is 0.450.